The monoisotopic (exact) mass is 281 g/mol. The van der Waals surface area contributed by atoms with E-state index in [1.54, 1.807) is 0 Å². The minimum atomic E-state index is 0.131. The SMILES string of the molecule is Brc1cccc(C2COC23CCNCC3)c1. The molecule has 1 aromatic rings. The summed E-state index contributed by atoms with van der Waals surface area (Å²) in [5, 5.41) is 3.40. The fourth-order valence-corrected chi connectivity index (χ4v) is 3.29. The van der Waals surface area contributed by atoms with Gasteiger partial charge in [0.1, 0.15) is 0 Å². The number of nitrogens with one attached hydrogen (secondary N) is 1. The maximum atomic E-state index is 5.91. The van der Waals surface area contributed by atoms with Crippen molar-refractivity contribution in [2.45, 2.75) is 24.4 Å². The Hall–Kier alpha value is -0.380. The molecule has 2 aliphatic rings. The molecule has 2 nitrogen and oxygen atoms in total. The molecule has 86 valence electrons. The summed E-state index contributed by atoms with van der Waals surface area (Å²) < 4.78 is 7.08. The first-order valence-electron chi connectivity index (χ1n) is 5.90. The van der Waals surface area contributed by atoms with Gasteiger partial charge in [0, 0.05) is 10.4 Å². The van der Waals surface area contributed by atoms with Crippen LogP contribution < -0.4 is 5.32 Å². The number of halogens is 1. The van der Waals surface area contributed by atoms with Gasteiger partial charge < -0.3 is 10.1 Å². The number of piperidine rings is 1. The Kier molecular flexibility index (Phi) is 2.78. The highest BCUT2D eigenvalue weighted by atomic mass is 79.9. The van der Waals surface area contributed by atoms with Crippen LogP contribution in [0.2, 0.25) is 0 Å². The molecule has 1 atom stereocenters. The predicted molar refractivity (Wildman–Crippen MR) is 67.7 cm³/mol. The van der Waals surface area contributed by atoms with Crippen molar-refractivity contribution in [1.82, 2.24) is 5.32 Å². The van der Waals surface area contributed by atoms with Gasteiger partial charge in [-0.15, -0.1) is 0 Å². The molecule has 0 radical (unpaired) electrons. The van der Waals surface area contributed by atoms with Crippen molar-refractivity contribution in [3.05, 3.63) is 34.3 Å². The van der Waals surface area contributed by atoms with Crippen LogP contribution in [0.25, 0.3) is 0 Å². The van der Waals surface area contributed by atoms with E-state index in [0.29, 0.717) is 5.92 Å². The molecule has 0 saturated carbocycles. The van der Waals surface area contributed by atoms with Crippen molar-refractivity contribution in [3.8, 4) is 0 Å². The highest BCUT2D eigenvalue weighted by Crippen LogP contribution is 2.46. The third-order valence-corrected chi connectivity index (χ3v) is 4.37. The molecule has 3 heteroatoms. The summed E-state index contributed by atoms with van der Waals surface area (Å²) in [4.78, 5) is 0. The molecule has 3 rings (SSSR count). The summed E-state index contributed by atoms with van der Waals surface area (Å²) in [6.45, 7) is 3.06. The predicted octanol–water partition coefficient (Wildman–Crippen LogP) is 2.69. The fraction of sp³-hybridized carbons (Fsp3) is 0.538. The first kappa shape index (κ1) is 10.8. The van der Waals surface area contributed by atoms with Crippen molar-refractivity contribution < 1.29 is 4.74 Å². The Labute approximate surface area is 105 Å². The number of benzene rings is 1. The van der Waals surface area contributed by atoms with Crippen LogP contribution in [0.1, 0.15) is 24.3 Å². The van der Waals surface area contributed by atoms with Crippen LogP contribution in [0.4, 0.5) is 0 Å². The Balaban J connectivity index is 1.85. The molecule has 1 unspecified atom stereocenters. The molecule has 2 saturated heterocycles. The Morgan fingerprint density at radius 2 is 2.12 bits per heavy atom. The van der Waals surface area contributed by atoms with Gasteiger partial charge >= 0.3 is 0 Å². The summed E-state index contributed by atoms with van der Waals surface area (Å²) in [6.07, 6.45) is 2.29. The van der Waals surface area contributed by atoms with E-state index in [-0.39, 0.29) is 5.60 Å². The molecule has 1 aromatic carbocycles. The molecule has 1 spiro atoms. The highest BCUT2D eigenvalue weighted by Gasteiger charge is 2.49. The van der Waals surface area contributed by atoms with Crippen LogP contribution >= 0.6 is 15.9 Å². The molecule has 2 fully saturated rings. The Bertz CT molecular complexity index is 387. The van der Waals surface area contributed by atoms with Gasteiger partial charge in [0.2, 0.25) is 0 Å². The van der Waals surface area contributed by atoms with E-state index in [0.717, 1.165) is 32.5 Å². The lowest BCUT2D eigenvalue weighted by molar-refractivity contribution is -0.183. The molecule has 0 amide bonds. The zero-order valence-electron chi connectivity index (χ0n) is 9.21. The number of ether oxygens (including phenoxy) is 1. The average Bonchev–Trinajstić information content (AvgIpc) is 2.29. The van der Waals surface area contributed by atoms with E-state index in [1.807, 2.05) is 0 Å². The van der Waals surface area contributed by atoms with Crippen molar-refractivity contribution in [1.29, 1.82) is 0 Å². The third kappa shape index (κ3) is 1.71. The standard InChI is InChI=1S/C13H16BrNO/c14-11-3-1-2-10(8-11)12-9-16-13(12)4-6-15-7-5-13/h1-3,8,12,15H,4-7,9H2. The lowest BCUT2D eigenvalue weighted by atomic mass is 9.72. The van der Waals surface area contributed by atoms with Crippen LogP contribution in [0, 0.1) is 0 Å². The van der Waals surface area contributed by atoms with E-state index >= 15 is 0 Å². The second kappa shape index (κ2) is 4.13. The van der Waals surface area contributed by atoms with Crippen molar-refractivity contribution in [2.75, 3.05) is 19.7 Å². The summed E-state index contributed by atoms with van der Waals surface area (Å²) in [5.41, 5.74) is 1.55. The number of hydrogen-bond acceptors (Lipinski definition) is 2. The van der Waals surface area contributed by atoms with Crippen LogP contribution in [-0.2, 0) is 4.74 Å². The summed E-state index contributed by atoms with van der Waals surface area (Å²) in [6, 6.07) is 8.66. The van der Waals surface area contributed by atoms with Crippen LogP contribution in [0.3, 0.4) is 0 Å². The Morgan fingerprint density at radius 3 is 2.75 bits per heavy atom. The van der Waals surface area contributed by atoms with Gasteiger partial charge in [0.05, 0.1) is 12.2 Å². The maximum absolute atomic E-state index is 5.91. The molecular formula is C13H16BrNO. The van der Waals surface area contributed by atoms with E-state index in [9.17, 15) is 0 Å². The summed E-state index contributed by atoms with van der Waals surface area (Å²) in [5.74, 6) is 0.590. The van der Waals surface area contributed by atoms with E-state index < -0.39 is 0 Å². The minimum Gasteiger partial charge on any atom is -0.373 e. The molecular weight excluding hydrogens is 266 g/mol. The Morgan fingerprint density at radius 1 is 1.31 bits per heavy atom. The van der Waals surface area contributed by atoms with Crippen LogP contribution in [0.15, 0.2) is 28.7 Å². The van der Waals surface area contributed by atoms with E-state index in [2.05, 4.69) is 45.5 Å². The molecule has 1 N–H and O–H groups in total. The summed E-state index contributed by atoms with van der Waals surface area (Å²) in [7, 11) is 0. The number of rotatable bonds is 1. The average molecular weight is 282 g/mol. The van der Waals surface area contributed by atoms with E-state index in [4.69, 9.17) is 4.74 Å². The van der Waals surface area contributed by atoms with Crippen molar-refractivity contribution in [3.63, 3.8) is 0 Å². The van der Waals surface area contributed by atoms with Gasteiger partial charge in [-0.2, -0.15) is 0 Å². The topological polar surface area (TPSA) is 21.3 Å². The normalized spacial score (nSPS) is 27.7. The zero-order chi connectivity index (χ0) is 11.0. The molecule has 0 aromatic heterocycles. The number of hydrogen-bond donors (Lipinski definition) is 1. The van der Waals surface area contributed by atoms with Gasteiger partial charge in [0.15, 0.2) is 0 Å². The van der Waals surface area contributed by atoms with E-state index in [1.165, 1.54) is 10.0 Å². The van der Waals surface area contributed by atoms with Gasteiger partial charge in [-0.25, -0.2) is 0 Å². The second-order valence-corrected chi connectivity index (χ2v) is 5.65. The maximum Gasteiger partial charge on any atom is 0.0797 e. The summed E-state index contributed by atoms with van der Waals surface area (Å²) >= 11 is 3.54. The minimum absolute atomic E-state index is 0.131. The third-order valence-electron chi connectivity index (χ3n) is 3.87. The second-order valence-electron chi connectivity index (χ2n) is 4.73. The smallest absolute Gasteiger partial charge is 0.0797 e. The fourth-order valence-electron chi connectivity index (χ4n) is 2.87. The van der Waals surface area contributed by atoms with Gasteiger partial charge in [-0.1, -0.05) is 28.1 Å². The van der Waals surface area contributed by atoms with Gasteiger partial charge in [0.25, 0.3) is 0 Å². The van der Waals surface area contributed by atoms with Gasteiger partial charge in [-0.3, -0.25) is 0 Å². The molecule has 16 heavy (non-hydrogen) atoms. The van der Waals surface area contributed by atoms with Gasteiger partial charge in [-0.05, 0) is 43.6 Å². The largest absolute Gasteiger partial charge is 0.373 e. The van der Waals surface area contributed by atoms with Crippen LogP contribution in [0.5, 0.6) is 0 Å². The first-order chi connectivity index (χ1) is 7.80. The molecule has 2 heterocycles. The van der Waals surface area contributed by atoms with Crippen molar-refractivity contribution >= 4 is 15.9 Å². The quantitative estimate of drug-likeness (QED) is 0.855. The van der Waals surface area contributed by atoms with Crippen molar-refractivity contribution in [2.24, 2.45) is 0 Å². The highest BCUT2D eigenvalue weighted by molar-refractivity contribution is 9.10. The van der Waals surface area contributed by atoms with Crippen LogP contribution in [-0.4, -0.2) is 25.3 Å². The first-order valence-corrected chi connectivity index (χ1v) is 6.70. The lowest BCUT2D eigenvalue weighted by Crippen LogP contribution is -2.57. The molecule has 0 bridgehead atoms. The zero-order valence-corrected chi connectivity index (χ0v) is 10.8. The lowest BCUT2D eigenvalue weighted by Gasteiger charge is -2.52. The molecule has 0 aliphatic carbocycles. The molecule has 2 aliphatic heterocycles.